The second-order valence-electron chi connectivity index (χ2n) is 1.67. The molecular formula is C6H14O2. The first-order valence-corrected chi connectivity index (χ1v) is 3.07. The molecule has 0 bridgehead atoms. The van der Waals surface area contributed by atoms with Crippen LogP contribution in [0.2, 0.25) is 0 Å². The van der Waals surface area contributed by atoms with Gasteiger partial charge in [-0.1, -0.05) is 6.92 Å². The highest BCUT2D eigenvalue weighted by Gasteiger charge is 2.00. The molecular weight excluding hydrogens is 104 g/mol. The Balaban J connectivity index is 3.07. The lowest BCUT2D eigenvalue weighted by Gasteiger charge is -2.09. The van der Waals surface area contributed by atoms with Crippen LogP contribution in [0.25, 0.3) is 0 Å². The Hall–Kier alpha value is -0.0800. The third-order valence-electron chi connectivity index (χ3n) is 1.06. The van der Waals surface area contributed by atoms with Gasteiger partial charge in [-0.25, -0.2) is 0 Å². The Kier molecular flexibility index (Phi) is 5.01. The highest BCUT2D eigenvalue weighted by molar-refractivity contribution is 4.49. The molecule has 0 aromatic carbocycles. The maximum absolute atomic E-state index is 8.53. The monoisotopic (exact) mass is 118 g/mol. The molecule has 2 nitrogen and oxygen atoms in total. The van der Waals surface area contributed by atoms with Crippen LogP contribution < -0.4 is 0 Å². The van der Waals surface area contributed by atoms with Crippen molar-refractivity contribution >= 4 is 0 Å². The van der Waals surface area contributed by atoms with Gasteiger partial charge in [0.25, 0.3) is 0 Å². The summed E-state index contributed by atoms with van der Waals surface area (Å²) in [6, 6.07) is 0. The number of aliphatic hydroxyl groups is 1. The molecule has 0 saturated heterocycles. The zero-order valence-corrected chi connectivity index (χ0v) is 5.55. The van der Waals surface area contributed by atoms with Gasteiger partial charge in [0.05, 0.1) is 12.7 Å². The van der Waals surface area contributed by atoms with Crippen molar-refractivity contribution in [3.8, 4) is 0 Å². The van der Waals surface area contributed by atoms with Crippen LogP contribution >= 0.6 is 0 Å². The summed E-state index contributed by atoms with van der Waals surface area (Å²) >= 11 is 0. The molecule has 0 radical (unpaired) electrons. The van der Waals surface area contributed by atoms with Crippen molar-refractivity contribution in [3.05, 3.63) is 0 Å². The van der Waals surface area contributed by atoms with E-state index in [0.29, 0.717) is 6.61 Å². The largest absolute Gasteiger partial charge is 0.394 e. The van der Waals surface area contributed by atoms with Crippen molar-refractivity contribution in [1.82, 2.24) is 0 Å². The van der Waals surface area contributed by atoms with E-state index in [4.69, 9.17) is 9.84 Å². The summed E-state index contributed by atoms with van der Waals surface area (Å²) in [6.45, 7) is 4.76. The second kappa shape index (κ2) is 5.06. The normalized spacial score (nSPS) is 13.9. The molecule has 0 spiro atoms. The molecule has 2 heteroatoms. The van der Waals surface area contributed by atoms with Crippen LogP contribution in [0, 0.1) is 0 Å². The molecule has 1 N–H and O–H groups in total. The van der Waals surface area contributed by atoms with Gasteiger partial charge in [0.1, 0.15) is 0 Å². The lowest BCUT2D eigenvalue weighted by molar-refractivity contribution is 0.0181. The second-order valence-corrected chi connectivity index (χ2v) is 1.67. The van der Waals surface area contributed by atoms with E-state index >= 15 is 0 Å². The van der Waals surface area contributed by atoms with E-state index in [9.17, 15) is 0 Å². The van der Waals surface area contributed by atoms with Crippen molar-refractivity contribution in [2.45, 2.75) is 26.4 Å². The SMILES string of the molecule is CCO[C@@H](CC)CO. The summed E-state index contributed by atoms with van der Waals surface area (Å²) in [4.78, 5) is 0. The predicted molar refractivity (Wildman–Crippen MR) is 32.8 cm³/mol. The average Bonchev–Trinajstić information content (AvgIpc) is 1.83. The highest BCUT2D eigenvalue weighted by Crippen LogP contribution is 1.94. The fraction of sp³-hybridized carbons (Fsp3) is 1.00. The molecule has 0 aliphatic carbocycles. The molecule has 0 aromatic rings. The lowest BCUT2D eigenvalue weighted by Crippen LogP contribution is -2.15. The van der Waals surface area contributed by atoms with E-state index in [2.05, 4.69) is 0 Å². The van der Waals surface area contributed by atoms with Crippen LogP contribution in [0.1, 0.15) is 20.3 Å². The molecule has 0 fully saturated rings. The first kappa shape index (κ1) is 7.92. The van der Waals surface area contributed by atoms with Crippen LogP contribution in [0.3, 0.4) is 0 Å². The smallest absolute Gasteiger partial charge is 0.0803 e. The molecule has 1 atom stereocenters. The number of hydrogen-bond donors (Lipinski definition) is 1. The predicted octanol–water partition coefficient (Wildman–Crippen LogP) is 0.794. The number of ether oxygens (including phenoxy) is 1. The lowest BCUT2D eigenvalue weighted by atomic mass is 10.3. The van der Waals surface area contributed by atoms with Gasteiger partial charge in [0.2, 0.25) is 0 Å². The van der Waals surface area contributed by atoms with Gasteiger partial charge in [-0.3, -0.25) is 0 Å². The average molecular weight is 118 g/mol. The van der Waals surface area contributed by atoms with E-state index in [-0.39, 0.29) is 12.7 Å². The van der Waals surface area contributed by atoms with Gasteiger partial charge in [-0.15, -0.1) is 0 Å². The van der Waals surface area contributed by atoms with E-state index in [0.717, 1.165) is 6.42 Å². The van der Waals surface area contributed by atoms with Crippen molar-refractivity contribution < 1.29 is 9.84 Å². The van der Waals surface area contributed by atoms with Crippen LogP contribution in [-0.2, 0) is 4.74 Å². The molecule has 0 unspecified atom stereocenters. The molecule has 0 saturated carbocycles. The minimum atomic E-state index is 0.0556. The van der Waals surface area contributed by atoms with E-state index in [1.165, 1.54) is 0 Å². The summed E-state index contributed by atoms with van der Waals surface area (Å²) in [5.41, 5.74) is 0. The van der Waals surface area contributed by atoms with Gasteiger partial charge in [-0.2, -0.15) is 0 Å². The maximum atomic E-state index is 8.53. The van der Waals surface area contributed by atoms with Crippen molar-refractivity contribution in [3.63, 3.8) is 0 Å². The van der Waals surface area contributed by atoms with Crippen molar-refractivity contribution in [2.75, 3.05) is 13.2 Å². The zero-order chi connectivity index (χ0) is 6.41. The van der Waals surface area contributed by atoms with Gasteiger partial charge < -0.3 is 9.84 Å². The number of hydrogen-bond acceptors (Lipinski definition) is 2. The highest BCUT2D eigenvalue weighted by atomic mass is 16.5. The van der Waals surface area contributed by atoms with Crippen LogP contribution in [-0.4, -0.2) is 24.4 Å². The molecule has 0 heterocycles. The first-order valence-electron chi connectivity index (χ1n) is 3.07. The van der Waals surface area contributed by atoms with Crippen LogP contribution in [0.4, 0.5) is 0 Å². The quantitative estimate of drug-likeness (QED) is 0.591. The minimum absolute atomic E-state index is 0.0556. The third kappa shape index (κ3) is 2.99. The Bertz CT molecular complexity index is 41.8. The van der Waals surface area contributed by atoms with Crippen LogP contribution in [0.5, 0.6) is 0 Å². The standard InChI is InChI=1S/C6H14O2/c1-3-6(5-7)8-4-2/h6-7H,3-5H2,1-2H3/t6-/m0/s1. The van der Waals surface area contributed by atoms with Gasteiger partial charge in [0.15, 0.2) is 0 Å². The van der Waals surface area contributed by atoms with Gasteiger partial charge in [0, 0.05) is 6.61 Å². The first-order chi connectivity index (χ1) is 3.85. The summed E-state index contributed by atoms with van der Waals surface area (Å²) in [5, 5.41) is 8.53. The van der Waals surface area contributed by atoms with E-state index in [1.54, 1.807) is 0 Å². The Morgan fingerprint density at radius 3 is 2.25 bits per heavy atom. The summed E-state index contributed by atoms with van der Waals surface area (Å²) in [5.74, 6) is 0. The molecule has 0 amide bonds. The molecule has 0 rings (SSSR count). The van der Waals surface area contributed by atoms with Gasteiger partial charge >= 0.3 is 0 Å². The number of aliphatic hydroxyl groups excluding tert-OH is 1. The molecule has 0 aromatic heterocycles. The molecule has 50 valence electrons. The Morgan fingerprint density at radius 1 is 1.50 bits per heavy atom. The number of rotatable bonds is 4. The topological polar surface area (TPSA) is 29.5 Å². The summed E-state index contributed by atoms with van der Waals surface area (Å²) < 4.78 is 5.09. The van der Waals surface area contributed by atoms with Crippen molar-refractivity contribution in [1.29, 1.82) is 0 Å². The molecule has 8 heavy (non-hydrogen) atoms. The third-order valence-corrected chi connectivity index (χ3v) is 1.06. The van der Waals surface area contributed by atoms with Gasteiger partial charge in [-0.05, 0) is 13.3 Å². The fourth-order valence-corrected chi connectivity index (χ4v) is 0.535. The van der Waals surface area contributed by atoms with Crippen LogP contribution in [0.15, 0.2) is 0 Å². The minimum Gasteiger partial charge on any atom is -0.394 e. The fourth-order valence-electron chi connectivity index (χ4n) is 0.535. The van der Waals surface area contributed by atoms with E-state index < -0.39 is 0 Å². The summed E-state index contributed by atoms with van der Waals surface area (Å²) in [7, 11) is 0. The Labute approximate surface area is 50.5 Å². The Morgan fingerprint density at radius 2 is 2.12 bits per heavy atom. The van der Waals surface area contributed by atoms with E-state index in [1.807, 2.05) is 13.8 Å². The molecule has 0 aliphatic rings. The summed E-state index contributed by atoms with van der Waals surface area (Å²) in [6.07, 6.45) is 0.949. The van der Waals surface area contributed by atoms with Crippen molar-refractivity contribution in [2.24, 2.45) is 0 Å². The maximum Gasteiger partial charge on any atom is 0.0803 e. The zero-order valence-electron chi connectivity index (χ0n) is 5.55. The molecule has 0 aliphatic heterocycles.